The van der Waals surface area contributed by atoms with Gasteiger partial charge in [0.25, 0.3) is 5.78 Å². The van der Waals surface area contributed by atoms with Crippen molar-refractivity contribution < 1.29 is 9.53 Å². The molecule has 0 spiro atoms. The Labute approximate surface area is 163 Å². The number of para-hydroxylation sites is 1. The van der Waals surface area contributed by atoms with Crippen molar-refractivity contribution in [3.8, 4) is 5.75 Å². The van der Waals surface area contributed by atoms with Gasteiger partial charge in [-0.3, -0.25) is 4.79 Å². The highest BCUT2D eigenvalue weighted by atomic mass is 16.5. The number of aromatic nitrogens is 4. The van der Waals surface area contributed by atoms with Crippen LogP contribution in [-0.2, 0) is 11.2 Å². The molecule has 1 aromatic carbocycles. The predicted octanol–water partition coefficient (Wildman–Crippen LogP) is 2.39. The minimum atomic E-state index is -0.112. The van der Waals surface area contributed by atoms with Gasteiger partial charge in [-0.2, -0.15) is 10.1 Å². The van der Waals surface area contributed by atoms with Gasteiger partial charge in [0.05, 0.1) is 11.6 Å². The number of piperidine rings is 1. The molecule has 3 aromatic rings. The van der Waals surface area contributed by atoms with Crippen molar-refractivity contribution in [1.29, 1.82) is 0 Å². The molecule has 2 aromatic heterocycles. The van der Waals surface area contributed by atoms with E-state index in [4.69, 9.17) is 4.74 Å². The highest BCUT2D eigenvalue weighted by Crippen LogP contribution is 2.31. The number of rotatable bonds is 2. The lowest BCUT2D eigenvalue weighted by molar-refractivity contribution is -0.138. The van der Waals surface area contributed by atoms with Crippen LogP contribution in [0.2, 0.25) is 0 Å². The van der Waals surface area contributed by atoms with Crippen molar-refractivity contribution >= 4 is 11.7 Å². The zero-order valence-corrected chi connectivity index (χ0v) is 15.9. The van der Waals surface area contributed by atoms with Crippen molar-refractivity contribution in [2.45, 2.75) is 32.1 Å². The van der Waals surface area contributed by atoms with Gasteiger partial charge in [-0.1, -0.05) is 18.2 Å². The van der Waals surface area contributed by atoms with Gasteiger partial charge in [-0.15, -0.1) is 0 Å². The van der Waals surface area contributed by atoms with Gasteiger partial charge in [-0.25, -0.2) is 9.50 Å². The molecule has 1 saturated heterocycles. The summed E-state index contributed by atoms with van der Waals surface area (Å²) in [7, 11) is 0. The Hall–Kier alpha value is -2.96. The van der Waals surface area contributed by atoms with E-state index in [0.717, 1.165) is 48.5 Å². The van der Waals surface area contributed by atoms with Crippen molar-refractivity contribution in [2.75, 3.05) is 19.7 Å². The van der Waals surface area contributed by atoms with E-state index in [9.17, 15) is 4.79 Å². The van der Waals surface area contributed by atoms with E-state index in [1.54, 1.807) is 0 Å². The molecule has 0 radical (unpaired) electrons. The molecule has 0 bridgehead atoms. The van der Waals surface area contributed by atoms with E-state index in [1.807, 2.05) is 34.5 Å². The van der Waals surface area contributed by atoms with Crippen LogP contribution in [0.15, 0.2) is 36.7 Å². The first kappa shape index (κ1) is 17.2. The highest BCUT2D eigenvalue weighted by Gasteiger charge is 2.33. The Morgan fingerprint density at radius 2 is 2.18 bits per heavy atom. The molecule has 0 aliphatic carbocycles. The molecule has 2 aliphatic heterocycles. The number of hydrogen-bond acceptors (Lipinski definition) is 5. The SMILES string of the molecule is Cc1cc([C@@H]2CCCN(C(=O)[C@H]3COc4ccccc4C3)C2)n2ncnc2n1. The molecular formula is C21H23N5O2. The average molecular weight is 377 g/mol. The maximum Gasteiger partial charge on any atom is 0.252 e. The molecule has 7 nitrogen and oxygen atoms in total. The normalized spacial score (nSPS) is 22.0. The number of carbonyl (C=O) groups excluding carboxylic acids is 1. The second-order valence-electron chi connectivity index (χ2n) is 7.74. The molecule has 0 saturated carbocycles. The topological polar surface area (TPSA) is 72.6 Å². The summed E-state index contributed by atoms with van der Waals surface area (Å²) in [6.07, 6.45) is 4.30. The van der Waals surface area contributed by atoms with Crippen LogP contribution in [0.1, 0.15) is 35.7 Å². The number of fused-ring (bicyclic) bond motifs is 2. The largest absolute Gasteiger partial charge is 0.492 e. The summed E-state index contributed by atoms with van der Waals surface area (Å²) in [6, 6.07) is 10.1. The first-order valence-corrected chi connectivity index (χ1v) is 9.86. The van der Waals surface area contributed by atoms with Crippen LogP contribution in [-0.4, -0.2) is 50.1 Å². The second-order valence-corrected chi connectivity index (χ2v) is 7.74. The monoisotopic (exact) mass is 377 g/mol. The molecule has 144 valence electrons. The van der Waals surface area contributed by atoms with Gasteiger partial charge in [0.2, 0.25) is 5.91 Å². The Kier molecular flexibility index (Phi) is 4.22. The number of carbonyl (C=O) groups is 1. The minimum Gasteiger partial charge on any atom is -0.492 e. The minimum absolute atomic E-state index is 0.112. The molecule has 1 fully saturated rings. The van der Waals surface area contributed by atoms with Crippen LogP contribution in [0.5, 0.6) is 5.75 Å². The average Bonchev–Trinajstić information content (AvgIpc) is 3.20. The lowest BCUT2D eigenvalue weighted by Crippen LogP contribution is -2.45. The fourth-order valence-electron chi connectivity index (χ4n) is 4.41. The third-order valence-electron chi connectivity index (χ3n) is 5.79. The van der Waals surface area contributed by atoms with Crippen molar-refractivity contribution in [3.05, 3.63) is 53.6 Å². The number of likely N-dealkylation sites (tertiary alicyclic amines) is 1. The predicted molar refractivity (Wildman–Crippen MR) is 103 cm³/mol. The molecule has 2 atom stereocenters. The standard InChI is InChI=1S/C21H23N5O2/c1-14-9-18(26-21(24-14)22-13-23-26)16-6-4-8-25(11-16)20(27)17-10-15-5-2-3-7-19(15)28-12-17/h2-3,5,7,9,13,16-17H,4,6,8,10-12H2,1H3/t16-,17-/m1/s1. The van der Waals surface area contributed by atoms with Crippen LogP contribution in [0.3, 0.4) is 0 Å². The Morgan fingerprint density at radius 1 is 1.29 bits per heavy atom. The lowest BCUT2D eigenvalue weighted by Gasteiger charge is -2.36. The number of ether oxygens (including phenoxy) is 1. The molecule has 28 heavy (non-hydrogen) atoms. The molecule has 0 unspecified atom stereocenters. The number of aryl methyl sites for hydroxylation is 1. The van der Waals surface area contributed by atoms with Crippen LogP contribution < -0.4 is 4.74 Å². The zero-order chi connectivity index (χ0) is 19.1. The quantitative estimate of drug-likeness (QED) is 0.686. The fraction of sp³-hybridized carbons (Fsp3) is 0.429. The van der Waals surface area contributed by atoms with E-state index in [0.29, 0.717) is 18.9 Å². The molecule has 2 aliphatic rings. The highest BCUT2D eigenvalue weighted by molar-refractivity contribution is 5.80. The molecule has 4 heterocycles. The smallest absolute Gasteiger partial charge is 0.252 e. The zero-order valence-electron chi connectivity index (χ0n) is 15.9. The van der Waals surface area contributed by atoms with Crippen molar-refractivity contribution in [2.24, 2.45) is 5.92 Å². The molecular weight excluding hydrogens is 354 g/mol. The van der Waals surface area contributed by atoms with E-state index >= 15 is 0 Å². The number of benzene rings is 1. The Bertz CT molecular complexity index is 1030. The summed E-state index contributed by atoms with van der Waals surface area (Å²) in [5.74, 6) is 1.85. The van der Waals surface area contributed by atoms with Gasteiger partial charge in [0.1, 0.15) is 18.7 Å². The first-order valence-electron chi connectivity index (χ1n) is 9.86. The maximum absolute atomic E-state index is 13.2. The van der Waals surface area contributed by atoms with Gasteiger partial charge in [0.15, 0.2) is 0 Å². The van der Waals surface area contributed by atoms with Crippen LogP contribution in [0, 0.1) is 12.8 Å². The maximum atomic E-state index is 13.2. The molecule has 0 N–H and O–H groups in total. The van der Waals surface area contributed by atoms with Gasteiger partial charge in [0, 0.05) is 24.7 Å². The van der Waals surface area contributed by atoms with E-state index in [2.05, 4.69) is 27.2 Å². The summed E-state index contributed by atoms with van der Waals surface area (Å²) in [5, 5.41) is 4.34. The van der Waals surface area contributed by atoms with E-state index in [-0.39, 0.29) is 17.7 Å². The number of hydrogen-bond donors (Lipinski definition) is 0. The summed E-state index contributed by atoms with van der Waals surface area (Å²) in [5.41, 5.74) is 3.13. The first-order chi connectivity index (χ1) is 13.7. The lowest BCUT2D eigenvalue weighted by atomic mass is 9.91. The molecule has 7 heteroatoms. The van der Waals surface area contributed by atoms with Crippen LogP contribution in [0.25, 0.3) is 5.78 Å². The van der Waals surface area contributed by atoms with Crippen LogP contribution in [0.4, 0.5) is 0 Å². The van der Waals surface area contributed by atoms with Crippen LogP contribution >= 0.6 is 0 Å². The Morgan fingerprint density at radius 3 is 3.11 bits per heavy atom. The fourth-order valence-corrected chi connectivity index (χ4v) is 4.41. The summed E-state index contributed by atoms with van der Waals surface area (Å²) in [6.45, 7) is 3.94. The van der Waals surface area contributed by atoms with E-state index < -0.39 is 0 Å². The molecule has 5 rings (SSSR count). The van der Waals surface area contributed by atoms with Gasteiger partial charge in [-0.05, 0) is 43.9 Å². The van der Waals surface area contributed by atoms with Gasteiger partial charge < -0.3 is 9.64 Å². The second kappa shape index (κ2) is 6.89. The number of amides is 1. The summed E-state index contributed by atoms with van der Waals surface area (Å²) >= 11 is 0. The summed E-state index contributed by atoms with van der Waals surface area (Å²) in [4.78, 5) is 23.9. The third-order valence-corrected chi connectivity index (χ3v) is 5.79. The van der Waals surface area contributed by atoms with Gasteiger partial charge >= 0.3 is 0 Å². The van der Waals surface area contributed by atoms with Crippen molar-refractivity contribution in [3.63, 3.8) is 0 Å². The van der Waals surface area contributed by atoms with E-state index in [1.165, 1.54) is 6.33 Å². The summed E-state index contributed by atoms with van der Waals surface area (Å²) < 4.78 is 7.66. The third kappa shape index (κ3) is 3.00. The number of nitrogens with zero attached hydrogens (tertiary/aromatic N) is 5. The molecule has 1 amide bonds. The van der Waals surface area contributed by atoms with Crippen molar-refractivity contribution in [1.82, 2.24) is 24.5 Å². The Balaban J connectivity index is 1.36.